The molecule has 3 nitrogen and oxygen atoms in total. The predicted molar refractivity (Wildman–Crippen MR) is 149 cm³/mol. The van der Waals surface area contributed by atoms with Crippen LogP contribution in [-0.4, -0.2) is 28.2 Å². The molecule has 0 aromatic heterocycles. The van der Waals surface area contributed by atoms with E-state index in [0.29, 0.717) is 11.1 Å². The minimum absolute atomic E-state index is 0.0418. The molecule has 35 heavy (non-hydrogen) atoms. The fourth-order valence-electron chi connectivity index (χ4n) is 7.07. The van der Waals surface area contributed by atoms with E-state index in [0.717, 1.165) is 0 Å². The SMILES string of the molecule is O=[N+]([O-])c1cc2c(cc1Br)[C@@H]1[C@H]([C@@H]3[C@@H]2[C@]2(Cl)C(Cl)=C(Cl)[C@]3(Cl)C2(Cl)Cl)[C@]2(Cl)C(Cl)=C(Cl)[C@@H]1C2(Cl)Cl. The predicted octanol–water partition coefficient (Wildman–Crippen LogP) is 10.1. The molecular formula is C20H7BrCl11NO2. The van der Waals surface area contributed by atoms with Crippen LogP contribution in [0.25, 0.3) is 0 Å². The molecule has 5 aliphatic carbocycles. The lowest BCUT2D eigenvalue weighted by atomic mass is 9.57. The molecule has 0 N–H and O–H groups in total. The summed E-state index contributed by atoms with van der Waals surface area (Å²) in [7, 11) is 0. The van der Waals surface area contributed by atoms with Gasteiger partial charge in [0.1, 0.15) is 14.6 Å². The molecule has 0 aliphatic heterocycles. The van der Waals surface area contributed by atoms with Gasteiger partial charge in [0.15, 0.2) is 8.67 Å². The minimum atomic E-state index is -1.95. The Labute approximate surface area is 262 Å². The van der Waals surface area contributed by atoms with Gasteiger partial charge >= 0.3 is 0 Å². The van der Waals surface area contributed by atoms with E-state index in [1.54, 1.807) is 6.07 Å². The molecular weight excluding hydrogens is 756 g/mol. The smallest absolute Gasteiger partial charge is 0.258 e. The molecule has 15 heteroatoms. The van der Waals surface area contributed by atoms with Gasteiger partial charge in [-0.15, -0.1) is 34.8 Å². The summed E-state index contributed by atoms with van der Waals surface area (Å²) >= 11 is 79.3. The molecule has 188 valence electrons. The molecule has 1 aromatic carbocycles. The van der Waals surface area contributed by atoms with Gasteiger partial charge in [-0.3, -0.25) is 10.1 Å². The first-order valence-electron chi connectivity index (χ1n) is 9.87. The maximum Gasteiger partial charge on any atom is 0.283 e. The molecule has 0 unspecified atom stereocenters. The monoisotopic (exact) mass is 757 g/mol. The molecule has 6 rings (SSSR count). The number of alkyl halides is 7. The maximum atomic E-state index is 11.8. The summed E-state index contributed by atoms with van der Waals surface area (Å²) in [6.45, 7) is 0. The summed E-state index contributed by atoms with van der Waals surface area (Å²) in [4.78, 5) is 6.20. The molecule has 1 aromatic rings. The van der Waals surface area contributed by atoms with Gasteiger partial charge in [0.25, 0.3) is 5.69 Å². The van der Waals surface area contributed by atoms with Crippen molar-refractivity contribution in [1.82, 2.24) is 0 Å². The number of hydrogen-bond donors (Lipinski definition) is 0. The lowest BCUT2D eigenvalue weighted by Crippen LogP contribution is -2.53. The van der Waals surface area contributed by atoms with Crippen molar-refractivity contribution in [2.75, 3.05) is 0 Å². The summed E-state index contributed by atoms with van der Waals surface area (Å²) in [5.74, 6) is -3.76. The molecule has 0 radical (unpaired) electrons. The van der Waals surface area contributed by atoms with E-state index in [-0.39, 0.29) is 30.3 Å². The second-order valence-electron chi connectivity index (χ2n) is 9.34. The van der Waals surface area contributed by atoms with Crippen LogP contribution in [0.5, 0.6) is 0 Å². The Bertz CT molecular complexity index is 1350. The lowest BCUT2D eigenvalue weighted by molar-refractivity contribution is -0.385. The largest absolute Gasteiger partial charge is 0.283 e. The Morgan fingerprint density at radius 1 is 0.771 bits per heavy atom. The van der Waals surface area contributed by atoms with Crippen LogP contribution in [0.2, 0.25) is 0 Å². The van der Waals surface area contributed by atoms with Crippen LogP contribution < -0.4 is 0 Å². The first-order valence-corrected chi connectivity index (χ1v) is 14.8. The highest BCUT2D eigenvalue weighted by Crippen LogP contribution is 2.87. The van der Waals surface area contributed by atoms with E-state index >= 15 is 0 Å². The van der Waals surface area contributed by atoms with Crippen molar-refractivity contribution in [1.29, 1.82) is 0 Å². The summed E-state index contributed by atoms with van der Waals surface area (Å²) in [5, 5.41) is 12.0. The van der Waals surface area contributed by atoms with Gasteiger partial charge < -0.3 is 0 Å². The lowest BCUT2D eigenvalue weighted by Gasteiger charge is -2.52. The second-order valence-corrected chi connectivity index (χ2v) is 16.2. The van der Waals surface area contributed by atoms with Gasteiger partial charge in [-0.1, -0.05) is 92.8 Å². The molecule has 4 bridgehead atoms. The molecule has 8 atom stereocenters. The van der Waals surface area contributed by atoms with Crippen LogP contribution in [0.1, 0.15) is 23.0 Å². The zero-order valence-corrected chi connectivity index (χ0v) is 26.2. The van der Waals surface area contributed by atoms with Crippen molar-refractivity contribution in [2.24, 2.45) is 17.8 Å². The number of nitro groups is 1. The Morgan fingerprint density at radius 3 is 1.91 bits per heavy atom. The summed E-state index contributed by atoms with van der Waals surface area (Å²) in [5.41, 5.74) is 0.862. The Morgan fingerprint density at radius 2 is 1.34 bits per heavy atom. The fraction of sp³-hybridized carbons (Fsp3) is 0.500. The quantitative estimate of drug-likeness (QED) is 0.163. The van der Waals surface area contributed by atoms with Gasteiger partial charge in [0.2, 0.25) is 0 Å². The van der Waals surface area contributed by atoms with E-state index in [1.165, 1.54) is 6.07 Å². The van der Waals surface area contributed by atoms with Gasteiger partial charge in [0.05, 0.1) is 24.5 Å². The van der Waals surface area contributed by atoms with Crippen molar-refractivity contribution in [2.45, 2.75) is 35.1 Å². The van der Waals surface area contributed by atoms with Crippen molar-refractivity contribution in [3.05, 3.63) is 58.0 Å². The Kier molecular flexibility index (Phi) is 5.80. The highest BCUT2D eigenvalue weighted by atomic mass is 79.9. The normalized spacial score (nSPS) is 45.7. The maximum absolute atomic E-state index is 11.8. The van der Waals surface area contributed by atoms with Crippen LogP contribution >= 0.6 is 144 Å². The first-order chi connectivity index (χ1) is 15.9. The molecule has 5 aliphatic rings. The number of nitro benzene ring substituents is 1. The number of hydrogen-bond acceptors (Lipinski definition) is 2. The van der Waals surface area contributed by atoms with E-state index in [4.69, 9.17) is 128 Å². The third kappa shape index (κ3) is 2.54. The van der Waals surface area contributed by atoms with Gasteiger partial charge in [-0.25, -0.2) is 0 Å². The van der Waals surface area contributed by atoms with E-state index < -0.39 is 57.8 Å². The van der Waals surface area contributed by atoms with Crippen LogP contribution in [0.3, 0.4) is 0 Å². The highest BCUT2D eigenvalue weighted by molar-refractivity contribution is 9.10. The number of nitrogens with zero attached hydrogens (tertiary/aromatic N) is 1. The average molecular weight is 763 g/mol. The summed E-state index contributed by atoms with van der Waals surface area (Å²) in [6.07, 6.45) is 0. The molecule has 2 saturated carbocycles. The average Bonchev–Trinajstić information content (AvgIpc) is 3.14. The number of rotatable bonds is 1. The number of benzene rings is 1. The standard InChI is InChI=1S/C20H7BrCl11NO2/c21-5-1-3-4(2-6(5)33(34)35)8-11(18(28)15(25)14(24)17(8,27)20(18,31)32)9-7(3)10-12(22)13(23)16(9,26)19(10,29)30/h1-2,7-11H/t7-,8-,9-,10-,11+,16+,17+,18+/m1/s1. The molecule has 0 amide bonds. The second kappa shape index (κ2) is 7.53. The number of fused-ring (bicyclic) bond motifs is 14. The fourth-order valence-corrected chi connectivity index (χ4v) is 13.1. The van der Waals surface area contributed by atoms with Crippen LogP contribution in [0.4, 0.5) is 5.69 Å². The van der Waals surface area contributed by atoms with Crippen molar-refractivity contribution in [3.8, 4) is 0 Å². The molecule has 0 saturated heterocycles. The third-order valence-electron chi connectivity index (χ3n) is 8.31. The van der Waals surface area contributed by atoms with Crippen LogP contribution in [-0.2, 0) is 0 Å². The first kappa shape index (κ1) is 27.0. The number of halogens is 12. The minimum Gasteiger partial charge on any atom is -0.258 e. The van der Waals surface area contributed by atoms with E-state index in [9.17, 15) is 10.1 Å². The Hall–Kier alpha value is 1.77. The summed E-state index contributed by atoms with van der Waals surface area (Å²) in [6, 6.07) is 3.01. The highest BCUT2D eigenvalue weighted by Gasteiger charge is 2.89. The van der Waals surface area contributed by atoms with Gasteiger partial charge in [0, 0.05) is 34.8 Å². The topological polar surface area (TPSA) is 43.1 Å². The van der Waals surface area contributed by atoms with Crippen molar-refractivity contribution < 1.29 is 4.92 Å². The van der Waals surface area contributed by atoms with Crippen molar-refractivity contribution in [3.63, 3.8) is 0 Å². The number of allylic oxidation sites excluding steroid dienone is 4. The third-order valence-corrected chi connectivity index (χ3v) is 16.3. The molecule has 0 spiro atoms. The molecule has 0 heterocycles. The van der Waals surface area contributed by atoms with Gasteiger partial charge in [-0.05, 0) is 39.0 Å². The molecule has 2 fully saturated rings. The van der Waals surface area contributed by atoms with Crippen LogP contribution in [0, 0.1) is 27.9 Å². The zero-order chi connectivity index (χ0) is 26.0. The Balaban J connectivity index is 1.78. The summed E-state index contributed by atoms with van der Waals surface area (Å²) < 4.78 is -3.40. The van der Waals surface area contributed by atoms with E-state index in [1.807, 2.05) is 0 Å². The zero-order valence-electron chi connectivity index (χ0n) is 16.3. The van der Waals surface area contributed by atoms with Crippen molar-refractivity contribution >= 4 is 149 Å². The van der Waals surface area contributed by atoms with Crippen LogP contribution in [0.15, 0.2) is 36.7 Å². The van der Waals surface area contributed by atoms with E-state index in [2.05, 4.69) is 15.9 Å². The van der Waals surface area contributed by atoms with Gasteiger partial charge in [-0.2, -0.15) is 0 Å².